The summed E-state index contributed by atoms with van der Waals surface area (Å²) in [5.41, 5.74) is 30.4. The molecule has 0 aliphatic heterocycles. The molecule has 28 heteroatoms. The monoisotopic (exact) mass is 1140 g/mol. The molecular formula is C48H59N13O10S5. The van der Waals surface area contributed by atoms with Crippen molar-refractivity contribution < 1.29 is 44.9 Å². The summed E-state index contributed by atoms with van der Waals surface area (Å²) in [5.74, 6) is 2.87. The van der Waals surface area contributed by atoms with Gasteiger partial charge in [0, 0.05) is 54.8 Å². The molecule has 0 saturated carbocycles. The van der Waals surface area contributed by atoms with Crippen LogP contribution in [-0.4, -0.2) is 104 Å². The Labute approximate surface area is 452 Å². The maximum Gasteiger partial charge on any atom is 0.298 e. The van der Waals surface area contributed by atoms with E-state index in [1.54, 1.807) is 14.2 Å². The average molecular weight is 1140 g/mol. The highest BCUT2D eigenvalue weighted by Gasteiger charge is 2.22. The molecule has 0 radical (unpaired) electrons. The normalized spacial score (nSPS) is 11.2. The summed E-state index contributed by atoms with van der Waals surface area (Å²) < 4.78 is 91.3. The van der Waals surface area contributed by atoms with Crippen molar-refractivity contribution in [2.45, 2.75) is 48.4 Å². The van der Waals surface area contributed by atoms with E-state index in [-0.39, 0.29) is 21.3 Å². The molecule has 0 unspecified atom stereocenters. The average Bonchev–Trinajstić information content (AvgIpc) is 3.98. The SMILES string of the molecule is CCN(CC)c1cc(Nc2nc(Nc3cc(N(CC)CC)c(OC)cc3N)nc(SCc3ccccc3)n2)c(N)cc1OC.COc1cc2c(N)snc2cc1S(=O)(=O)O.COc1cc2c(N)snc2cc1S(=O)(=O)O. The van der Waals surface area contributed by atoms with Crippen molar-refractivity contribution in [2.24, 2.45) is 0 Å². The summed E-state index contributed by atoms with van der Waals surface area (Å²) in [7, 11) is -2.75. The highest BCUT2D eigenvalue weighted by Crippen LogP contribution is 2.40. The first kappa shape index (κ1) is 57.9. The fraction of sp³-hybridized carbons (Fsp3) is 0.271. The number of nitrogens with zero attached hydrogens (tertiary/aromatic N) is 7. The van der Waals surface area contributed by atoms with Crippen LogP contribution in [0, 0.1) is 0 Å². The number of hydrogen-bond acceptors (Lipinski definition) is 24. The van der Waals surface area contributed by atoms with Crippen LogP contribution in [-0.2, 0) is 26.0 Å². The molecule has 0 aliphatic rings. The van der Waals surface area contributed by atoms with Gasteiger partial charge in [0.15, 0.2) is 5.16 Å². The van der Waals surface area contributed by atoms with Gasteiger partial charge >= 0.3 is 0 Å². The Morgan fingerprint density at radius 1 is 0.566 bits per heavy atom. The largest absolute Gasteiger partial charge is 0.495 e. The predicted molar refractivity (Wildman–Crippen MR) is 305 cm³/mol. The van der Waals surface area contributed by atoms with E-state index in [4.69, 9.17) is 65.9 Å². The van der Waals surface area contributed by atoms with Crippen LogP contribution >= 0.6 is 34.8 Å². The smallest absolute Gasteiger partial charge is 0.298 e. The Morgan fingerprint density at radius 3 is 1.32 bits per heavy atom. The first-order valence-corrected chi connectivity index (χ1v) is 28.4. The van der Waals surface area contributed by atoms with Crippen LogP contribution in [0.25, 0.3) is 21.8 Å². The number of hydrogen-bond donors (Lipinski definition) is 8. The second-order valence-corrected chi connectivity index (χ2v) is 21.3. The van der Waals surface area contributed by atoms with Crippen molar-refractivity contribution in [1.29, 1.82) is 0 Å². The number of methoxy groups -OCH3 is 4. The standard InChI is InChI=1S/C32H43N9O2S.2C8H8N2O4S2/c1-7-40(8-2)26-18-24(22(33)16-28(26)42-5)35-30-37-31(39-32(38-30)44-20-21-14-12-11-13-15-21)36-25-19-27(41(9-3)10-4)29(43-6)17-23(25)34;2*1-14-6-2-4-5(10-15-8(4)9)3-7(6)16(11,12)13/h11-19H,7-10,20,33-34H2,1-6H3,(H2,35,36,37,38,39);2*2-3H,9H2,1H3,(H,11,12,13). The molecule has 0 amide bonds. The number of benzene rings is 5. The highest BCUT2D eigenvalue weighted by molar-refractivity contribution is 7.98. The third kappa shape index (κ3) is 13.9. The van der Waals surface area contributed by atoms with E-state index in [1.165, 1.54) is 50.2 Å². The van der Waals surface area contributed by atoms with Crippen LogP contribution in [0.3, 0.4) is 0 Å². The van der Waals surface area contributed by atoms with Gasteiger partial charge in [-0.25, -0.2) is 0 Å². The molecule has 23 nitrogen and oxygen atoms in total. The summed E-state index contributed by atoms with van der Waals surface area (Å²) in [6, 6.07) is 23.1. The van der Waals surface area contributed by atoms with E-state index in [2.05, 4.69) is 69.0 Å². The number of aromatic nitrogens is 5. The van der Waals surface area contributed by atoms with Crippen molar-refractivity contribution in [2.75, 3.05) is 98.0 Å². The van der Waals surface area contributed by atoms with Crippen molar-refractivity contribution in [3.63, 3.8) is 0 Å². The van der Waals surface area contributed by atoms with E-state index in [0.29, 0.717) is 88.9 Å². The summed E-state index contributed by atoms with van der Waals surface area (Å²) in [6.45, 7) is 11.7. The number of rotatable bonds is 19. The van der Waals surface area contributed by atoms with Crippen LogP contribution in [0.1, 0.15) is 33.3 Å². The molecular weight excluding hydrogens is 1080 g/mol. The Morgan fingerprint density at radius 2 is 0.961 bits per heavy atom. The zero-order valence-corrected chi connectivity index (χ0v) is 46.8. The van der Waals surface area contributed by atoms with Crippen molar-refractivity contribution in [1.82, 2.24) is 23.7 Å². The van der Waals surface area contributed by atoms with E-state index in [9.17, 15) is 16.8 Å². The summed E-state index contributed by atoms with van der Waals surface area (Å²) in [5, 5.41) is 9.35. The first-order chi connectivity index (χ1) is 36.2. The van der Waals surface area contributed by atoms with Crippen LogP contribution in [0.2, 0.25) is 0 Å². The second-order valence-electron chi connectivity index (χ2n) is 15.9. The van der Waals surface area contributed by atoms with E-state index in [0.717, 1.165) is 66.2 Å². The first-order valence-electron chi connectivity index (χ1n) is 23.0. The Kier molecular flexibility index (Phi) is 19.4. The van der Waals surface area contributed by atoms with E-state index in [1.807, 2.05) is 42.5 Å². The van der Waals surface area contributed by atoms with Gasteiger partial charge in [0.25, 0.3) is 20.2 Å². The van der Waals surface area contributed by atoms with Crippen LogP contribution in [0.15, 0.2) is 93.8 Å². The van der Waals surface area contributed by atoms with Gasteiger partial charge in [-0.2, -0.15) is 40.5 Å². The fourth-order valence-electron chi connectivity index (χ4n) is 7.49. The van der Waals surface area contributed by atoms with Gasteiger partial charge in [-0.15, -0.1) is 0 Å². The molecule has 0 fully saturated rings. The predicted octanol–water partition coefficient (Wildman–Crippen LogP) is 8.79. The third-order valence-corrected chi connectivity index (χ3v) is 15.4. The Balaban J connectivity index is 0.000000236. The molecule has 3 heterocycles. The number of nitrogen functional groups attached to an aromatic ring is 4. The number of fused-ring (bicyclic) bond motifs is 2. The number of nitrogens with two attached hydrogens (primary N) is 4. The van der Waals surface area contributed by atoms with E-state index >= 15 is 0 Å². The van der Waals surface area contributed by atoms with Gasteiger partial charge in [-0.1, -0.05) is 42.1 Å². The van der Waals surface area contributed by atoms with Gasteiger partial charge in [-0.05, 0) is 92.7 Å². The minimum atomic E-state index is -4.33. The lowest BCUT2D eigenvalue weighted by Crippen LogP contribution is -2.22. The van der Waals surface area contributed by atoms with E-state index < -0.39 is 20.2 Å². The van der Waals surface area contributed by atoms with Gasteiger partial charge in [-0.3, -0.25) is 9.11 Å². The van der Waals surface area contributed by atoms with Gasteiger partial charge < -0.3 is 62.3 Å². The lowest BCUT2D eigenvalue weighted by molar-refractivity contribution is 0.398. The Bertz CT molecular complexity index is 3320. The minimum absolute atomic E-state index is 0.0434. The number of thioether (sulfide) groups is 1. The molecule has 0 bridgehead atoms. The fourth-order valence-corrected chi connectivity index (χ4v) is 10.8. The molecule has 406 valence electrons. The molecule has 0 atom stereocenters. The van der Waals surface area contributed by atoms with Gasteiger partial charge in [0.2, 0.25) is 11.9 Å². The lowest BCUT2D eigenvalue weighted by Gasteiger charge is -2.25. The van der Waals surface area contributed by atoms with Crippen LogP contribution in [0.4, 0.5) is 56.0 Å². The van der Waals surface area contributed by atoms with Crippen molar-refractivity contribution in [3.8, 4) is 23.0 Å². The van der Waals surface area contributed by atoms with Crippen LogP contribution in [0.5, 0.6) is 23.0 Å². The van der Waals surface area contributed by atoms with Crippen LogP contribution < -0.4 is 62.3 Å². The number of ether oxygens (including phenoxy) is 4. The molecule has 8 rings (SSSR count). The molecule has 0 spiro atoms. The minimum Gasteiger partial charge on any atom is -0.495 e. The number of anilines is 10. The van der Waals surface area contributed by atoms with Crippen molar-refractivity contribution in [3.05, 3.63) is 84.4 Å². The maximum absolute atomic E-state index is 11.1. The third-order valence-electron chi connectivity index (χ3n) is 11.4. The molecule has 76 heavy (non-hydrogen) atoms. The molecule has 3 aromatic heterocycles. The highest BCUT2D eigenvalue weighted by atomic mass is 32.2. The molecule has 8 aromatic rings. The molecule has 0 aliphatic carbocycles. The molecule has 5 aromatic carbocycles. The molecule has 12 N–H and O–H groups in total. The molecule has 0 saturated heterocycles. The van der Waals surface area contributed by atoms with Crippen molar-refractivity contribution >= 4 is 133 Å². The quantitative estimate of drug-likeness (QED) is 0.0213. The number of nitrogens with one attached hydrogen (secondary N) is 2. The maximum atomic E-state index is 11.1. The zero-order valence-electron chi connectivity index (χ0n) is 42.7. The summed E-state index contributed by atoms with van der Waals surface area (Å²) in [4.78, 5) is 18.0. The van der Waals surface area contributed by atoms with Gasteiger partial charge in [0.1, 0.15) is 42.8 Å². The Hall–Kier alpha value is -7.34. The van der Waals surface area contributed by atoms with Gasteiger partial charge in [0.05, 0.1) is 73.6 Å². The topological polar surface area (TPSA) is 345 Å². The zero-order chi connectivity index (χ0) is 55.5. The lowest BCUT2D eigenvalue weighted by atomic mass is 10.2. The second kappa shape index (κ2) is 25.5. The summed E-state index contributed by atoms with van der Waals surface area (Å²) >= 11 is 3.62. The summed E-state index contributed by atoms with van der Waals surface area (Å²) in [6.07, 6.45) is 0.